The van der Waals surface area contributed by atoms with Crippen LogP contribution in [0.1, 0.15) is 113 Å². The zero-order valence-corrected chi connectivity index (χ0v) is 28.1. The Kier molecular flexibility index (Phi) is 13.4. The molecule has 0 unspecified atom stereocenters. The average molecular weight is 638 g/mol. The predicted molar refractivity (Wildman–Crippen MR) is 183 cm³/mol. The molecule has 1 aliphatic carbocycles. The first kappa shape index (κ1) is 35.3. The van der Waals surface area contributed by atoms with E-state index in [4.69, 9.17) is 4.74 Å². The highest BCUT2D eigenvalue weighted by atomic mass is 16.5. The molecule has 3 atom stereocenters. The van der Waals surface area contributed by atoms with E-state index in [0.29, 0.717) is 36.1 Å². The molecule has 0 amide bonds. The van der Waals surface area contributed by atoms with Crippen molar-refractivity contribution < 1.29 is 29.6 Å². The summed E-state index contributed by atoms with van der Waals surface area (Å²) in [6.07, 6.45) is 16.9. The second-order valence-electron chi connectivity index (χ2n) is 14.7. The van der Waals surface area contributed by atoms with Gasteiger partial charge in [0.05, 0.1) is 39.0 Å². The second kappa shape index (κ2) is 17.4. The van der Waals surface area contributed by atoms with Crippen LogP contribution in [-0.4, -0.2) is 76.9 Å². The monoisotopic (exact) mass is 637 g/mol. The Morgan fingerprint density at radius 2 is 1.54 bits per heavy atom. The third-order valence-electron chi connectivity index (χ3n) is 11.6. The molecule has 46 heavy (non-hydrogen) atoms. The Morgan fingerprint density at radius 3 is 2.24 bits per heavy atom. The van der Waals surface area contributed by atoms with Gasteiger partial charge in [0.15, 0.2) is 0 Å². The first-order chi connectivity index (χ1) is 22.4. The first-order valence-electron chi connectivity index (χ1n) is 18.5. The van der Waals surface area contributed by atoms with E-state index in [1.807, 2.05) is 18.2 Å². The lowest BCUT2D eigenvalue weighted by Crippen LogP contribution is -2.64. The van der Waals surface area contributed by atoms with E-state index in [9.17, 15) is 20.4 Å². The van der Waals surface area contributed by atoms with Gasteiger partial charge in [0.2, 0.25) is 0 Å². The minimum atomic E-state index is -0.867. The fourth-order valence-electron chi connectivity index (χ4n) is 8.58. The zero-order valence-electron chi connectivity index (χ0n) is 28.1. The standard InChI is InChI=1S/C39H60N2O5/c42-29-33-26-32(18-19-36(33)43)37(44)27-40-22-12-5-3-1-2-4-6-13-23-41-24-20-31(21-25-41)38(28-41)46-30-39(45,35-16-10-11-17-35)34-14-8-7-9-15-34/h7-9,14-15,18-19,26,31,35,37-38,40,42,44-45H,1-6,10-13,16-17,20-25,27-30H2/p+1/t31?,37-,38-,39+,41?/m0/s1. The number of unbranched alkanes of at least 4 members (excludes halogenated alkanes) is 7. The molecule has 2 aromatic carbocycles. The molecular formula is C39H61N2O5+. The number of fused-ring (bicyclic) bond motifs is 3. The van der Waals surface area contributed by atoms with Crippen LogP contribution in [0.5, 0.6) is 5.75 Å². The minimum Gasteiger partial charge on any atom is -0.508 e. The Balaban J connectivity index is 0.927. The number of aliphatic hydroxyl groups excluding tert-OH is 2. The summed E-state index contributed by atoms with van der Waals surface area (Å²) in [6, 6.07) is 15.2. The summed E-state index contributed by atoms with van der Waals surface area (Å²) in [5.41, 5.74) is 1.32. The van der Waals surface area contributed by atoms with E-state index in [-0.39, 0.29) is 18.5 Å². The van der Waals surface area contributed by atoms with Crippen molar-refractivity contribution in [3.8, 4) is 5.75 Å². The van der Waals surface area contributed by atoms with Crippen molar-refractivity contribution >= 4 is 0 Å². The van der Waals surface area contributed by atoms with Crippen LogP contribution in [0.4, 0.5) is 0 Å². The summed E-state index contributed by atoms with van der Waals surface area (Å²) in [5.74, 6) is 1.02. The molecule has 7 nitrogen and oxygen atoms in total. The van der Waals surface area contributed by atoms with Crippen LogP contribution in [0.3, 0.4) is 0 Å². The molecule has 3 heterocycles. The van der Waals surface area contributed by atoms with Crippen molar-refractivity contribution in [1.82, 2.24) is 5.32 Å². The van der Waals surface area contributed by atoms with Crippen LogP contribution >= 0.6 is 0 Å². The van der Waals surface area contributed by atoms with Gasteiger partial charge in [-0.05, 0) is 67.8 Å². The molecule has 0 spiro atoms. The van der Waals surface area contributed by atoms with Gasteiger partial charge < -0.3 is 35.0 Å². The van der Waals surface area contributed by atoms with E-state index in [0.717, 1.165) is 37.9 Å². The first-order valence-corrected chi connectivity index (χ1v) is 18.5. The highest BCUT2D eigenvalue weighted by Crippen LogP contribution is 2.42. The fraction of sp³-hybridized carbons (Fsp3) is 0.692. The maximum Gasteiger partial charge on any atom is 0.121 e. The lowest BCUT2D eigenvalue weighted by molar-refractivity contribution is -0.946. The highest BCUT2D eigenvalue weighted by molar-refractivity contribution is 5.36. The number of rotatable bonds is 20. The Morgan fingerprint density at radius 1 is 0.870 bits per heavy atom. The van der Waals surface area contributed by atoms with Crippen molar-refractivity contribution in [2.75, 3.05) is 45.9 Å². The second-order valence-corrected chi connectivity index (χ2v) is 14.7. The topological polar surface area (TPSA) is 102 Å². The van der Waals surface area contributed by atoms with Gasteiger partial charge in [-0.15, -0.1) is 0 Å². The van der Waals surface area contributed by atoms with E-state index in [2.05, 4.69) is 17.4 Å². The quantitative estimate of drug-likeness (QED) is 0.0859. The molecule has 2 bridgehead atoms. The fourth-order valence-corrected chi connectivity index (χ4v) is 8.58. The molecule has 0 radical (unpaired) electrons. The molecule has 4 fully saturated rings. The van der Waals surface area contributed by atoms with Crippen molar-refractivity contribution in [3.63, 3.8) is 0 Å². The van der Waals surface area contributed by atoms with Crippen LogP contribution < -0.4 is 5.32 Å². The number of nitrogens with zero attached hydrogens (tertiary/aromatic N) is 1. The zero-order chi connectivity index (χ0) is 32.2. The largest absolute Gasteiger partial charge is 0.508 e. The molecule has 1 saturated carbocycles. The third kappa shape index (κ3) is 9.33. The highest BCUT2D eigenvalue weighted by Gasteiger charge is 2.48. The normalized spacial score (nSPS) is 25.1. The Bertz CT molecular complexity index is 1160. The maximum absolute atomic E-state index is 12.0. The summed E-state index contributed by atoms with van der Waals surface area (Å²) in [7, 11) is 0. The molecule has 0 aromatic heterocycles. The lowest BCUT2D eigenvalue weighted by Gasteiger charge is -2.53. The number of aromatic hydroxyl groups is 1. The molecule has 4 aliphatic rings. The Labute approximate surface area is 277 Å². The van der Waals surface area contributed by atoms with Gasteiger partial charge in [0, 0.05) is 30.9 Å². The number of nitrogens with one attached hydrogen (secondary N) is 1. The molecule has 7 heteroatoms. The number of aliphatic hydroxyl groups is 3. The smallest absolute Gasteiger partial charge is 0.121 e. The summed E-state index contributed by atoms with van der Waals surface area (Å²) in [5, 5.41) is 44.7. The van der Waals surface area contributed by atoms with E-state index < -0.39 is 11.7 Å². The molecule has 3 aliphatic heterocycles. The number of quaternary nitrogens is 1. The SMILES string of the molecule is OCc1cc([C@@H](O)CNCCCCCCCCCC[N+]23CCC(CC2)[C@@H](OC[C@@](O)(c2ccccc2)C2CCCC2)C3)ccc1O. The van der Waals surface area contributed by atoms with Crippen molar-refractivity contribution in [1.29, 1.82) is 0 Å². The number of hydrogen-bond acceptors (Lipinski definition) is 6. The number of ether oxygens (including phenoxy) is 1. The number of phenols is 1. The van der Waals surface area contributed by atoms with Gasteiger partial charge in [-0.3, -0.25) is 0 Å². The molecule has 6 rings (SSSR count). The van der Waals surface area contributed by atoms with Crippen molar-refractivity contribution in [2.24, 2.45) is 11.8 Å². The number of benzene rings is 2. The summed E-state index contributed by atoms with van der Waals surface area (Å²) < 4.78 is 7.95. The molecule has 256 valence electrons. The maximum atomic E-state index is 12.0. The summed E-state index contributed by atoms with van der Waals surface area (Å²) >= 11 is 0. The van der Waals surface area contributed by atoms with Crippen LogP contribution in [0, 0.1) is 11.8 Å². The average Bonchev–Trinajstić information content (AvgIpc) is 3.65. The van der Waals surface area contributed by atoms with Gasteiger partial charge in [0.1, 0.15) is 24.0 Å². The van der Waals surface area contributed by atoms with Crippen LogP contribution in [0.15, 0.2) is 48.5 Å². The van der Waals surface area contributed by atoms with Gasteiger partial charge in [-0.1, -0.05) is 81.3 Å². The molecule has 3 saturated heterocycles. The van der Waals surface area contributed by atoms with Crippen LogP contribution in [-0.2, 0) is 16.9 Å². The van der Waals surface area contributed by atoms with E-state index >= 15 is 0 Å². The molecule has 2 aromatic rings. The van der Waals surface area contributed by atoms with Crippen LogP contribution in [0.25, 0.3) is 0 Å². The van der Waals surface area contributed by atoms with Gasteiger partial charge in [-0.25, -0.2) is 0 Å². The summed E-state index contributed by atoms with van der Waals surface area (Å²) in [4.78, 5) is 0. The van der Waals surface area contributed by atoms with Gasteiger partial charge in [-0.2, -0.15) is 0 Å². The van der Waals surface area contributed by atoms with E-state index in [1.165, 1.54) is 101 Å². The van der Waals surface area contributed by atoms with Crippen molar-refractivity contribution in [3.05, 3.63) is 65.2 Å². The van der Waals surface area contributed by atoms with Gasteiger partial charge >= 0.3 is 0 Å². The molecular weight excluding hydrogens is 576 g/mol. The summed E-state index contributed by atoms with van der Waals surface area (Å²) in [6.45, 7) is 6.58. The van der Waals surface area contributed by atoms with Crippen LogP contribution in [0.2, 0.25) is 0 Å². The minimum absolute atomic E-state index is 0.0597. The van der Waals surface area contributed by atoms with Gasteiger partial charge in [0.25, 0.3) is 0 Å². The number of piperidine rings is 3. The number of hydrogen-bond donors (Lipinski definition) is 5. The van der Waals surface area contributed by atoms with Crippen molar-refractivity contribution in [2.45, 2.75) is 114 Å². The lowest BCUT2D eigenvalue weighted by atomic mass is 9.80. The van der Waals surface area contributed by atoms with E-state index in [1.54, 1.807) is 12.1 Å². The predicted octanol–water partition coefficient (Wildman–Crippen LogP) is 6.33. The third-order valence-corrected chi connectivity index (χ3v) is 11.6. The molecule has 5 N–H and O–H groups in total. The Hall–Kier alpha value is -2.00.